The van der Waals surface area contributed by atoms with Gasteiger partial charge in [-0.25, -0.2) is 4.79 Å². The van der Waals surface area contributed by atoms with Crippen molar-refractivity contribution in [2.45, 2.75) is 56.3 Å². The van der Waals surface area contributed by atoms with E-state index in [1.54, 1.807) is 0 Å². The second-order valence-electron chi connectivity index (χ2n) is 7.29. The lowest BCUT2D eigenvalue weighted by molar-refractivity contribution is -0.143. The van der Waals surface area contributed by atoms with E-state index in [2.05, 4.69) is 15.6 Å². The number of nitrogens with one attached hydrogen (secondary N) is 3. The molecule has 4 atom stereocenters. The van der Waals surface area contributed by atoms with E-state index < -0.39 is 85.7 Å². The summed E-state index contributed by atoms with van der Waals surface area (Å²) in [5, 5.41) is 42.7. The predicted octanol–water partition coefficient (Wildman–Crippen LogP) is -4.76. The van der Waals surface area contributed by atoms with Crippen molar-refractivity contribution in [1.29, 1.82) is 0 Å². The van der Waals surface area contributed by atoms with Gasteiger partial charge in [0.15, 0.2) is 5.96 Å². The standard InChI is InChI=1S/C18H31N7O10/c19-8(6-13(29)30)14(31)25-11(7-26)16(33)23-9(3-4-12(27)28)15(32)24-10(17(34)35)2-1-5-22-18(20)21/h8-11,26H,1-7,19H2,(H,23,33)(H,24,32)(H,25,31)(H,27,28)(H,29,30)(H,34,35)(H4,20,21,22)/t8-,9-,10-,11-/m0/s1. The Hall–Kier alpha value is -3.99. The number of aliphatic hydroxyl groups is 1. The molecular formula is C18H31N7O10. The topological polar surface area (TPSA) is 310 Å². The maximum Gasteiger partial charge on any atom is 0.326 e. The van der Waals surface area contributed by atoms with Gasteiger partial charge in [0.2, 0.25) is 17.7 Å². The van der Waals surface area contributed by atoms with Crippen molar-refractivity contribution in [3.05, 3.63) is 0 Å². The molecule has 0 aliphatic heterocycles. The van der Waals surface area contributed by atoms with Crippen LogP contribution in [0.1, 0.15) is 32.1 Å². The Labute approximate surface area is 199 Å². The Kier molecular flexibility index (Phi) is 14.0. The molecule has 35 heavy (non-hydrogen) atoms. The fourth-order valence-corrected chi connectivity index (χ4v) is 2.60. The van der Waals surface area contributed by atoms with Crippen LogP contribution in [0.15, 0.2) is 4.99 Å². The molecule has 0 spiro atoms. The zero-order valence-electron chi connectivity index (χ0n) is 18.7. The largest absolute Gasteiger partial charge is 0.481 e. The van der Waals surface area contributed by atoms with Gasteiger partial charge in [-0.1, -0.05) is 0 Å². The number of aliphatic hydroxyl groups excluding tert-OH is 1. The molecule has 0 radical (unpaired) electrons. The van der Waals surface area contributed by atoms with Crippen molar-refractivity contribution in [2.24, 2.45) is 22.2 Å². The Balaban J connectivity index is 5.34. The highest BCUT2D eigenvalue weighted by atomic mass is 16.4. The number of rotatable bonds is 17. The van der Waals surface area contributed by atoms with Gasteiger partial charge >= 0.3 is 17.9 Å². The number of hydrogen-bond donors (Lipinski definition) is 10. The number of carbonyl (C=O) groups excluding carboxylic acids is 3. The fourth-order valence-electron chi connectivity index (χ4n) is 2.60. The van der Waals surface area contributed by atoms with Gasteiger partial charge in [-0.05, 0) is 19.3 Å². The first kappa shape index (κ1) is 31.0. The highest BCUT2D eigenvalue weighted by molar-refractivity contribution is 5.95. The van der Waals surface area contributed by atoms with E-state index in [1.807, 2.05) is 5.32 Å². The van der Waals surface area contributed by atoms with Crippen LogP contribution < -0.4 is 33.2 Å². The van der Waals surface area contributed by atoms with Crippen molar-refractivity contribution in [3.63, 3.8) is 0 Å². The first-order valence-electron chi connectivity index (χ1n) is 10.3. The van der Waals surface area contributed by atoms with Gasteiger partial charge < -0.3 is 53.6 Å². The zero-order chi connectivity index (χ0) is 27.1. The number of nitrogens with two attached hydrogens (primary N) is 3. The van der Waals surface area contributed by atoms with E-state index in [4.69, 9.17) is 27.4 Å². The lowest BCUT2D eigenvalue weighted by Gasteiger charge is -2.24. The lowest BCUT2D eigenvalue weighted by Crippen LogP contribution is -2.58. The molecule has 0 rings (SSSR count). The number of amides is 3. The van der Waals surface area contributed by atoms with Crippen molar-refractivity contribution in [2.75, 3.05) is 13.2 Å². The molecule has 0 aliphatic carbocycles. The second-order valence-corrected chi connectivity index (χ2v) is 7.29. The number of carboxylic acids is 3. The third kappa shape index (κ3) is 13.3. The molecule has 0 aromatic heterocycles. The molecule has 17 heteroatoms. The smallest absolute Gasteiger partial charge is 0.326 e. The van der Waals surface area contributed by atoms with Crippen molar-refractivity contribution in [3.8, 4) is 0 Å². The molecule has 0 fully saturated rings. The summed E-state index contributed by atoms with van der Waals surface area (Å²) in [5.74, 6) is -7.51. The Morgan fingerprint density at radius 1 is 0.771 bits per heavy atom. The highest BCUT2D eigenvalue weighted by Gasteiger charge is 2.30. The molecule has 0 bridgehead atoms. The lowest BCUT2D eigenvalue weighted by atomic mass is 10.1. The predicted molar refractivity (Wildman–Crippen MR) is 118 cm³/mol. The molecule has 0 unspecified atom stereocenters. The summed E-state index contributed by atoms with van der Waals surface area (Å²) in [6.45, 7) is -0.879. The fraction of sp³-hybridized carbons (Fsp3) is 0.611. The molecule has 0 saturated heterocycles. The molecular weight excluding hydrogens is 474 g/mol. The molecule has 0 saturated carbocycles. The van der Waals surface area contributed by atoms with Crippen molar-refractivity contribution in [1.82, 2.24) is 16.0 Å². The number of nitrogens with zero attached hydrogens (tertiary/aromatic N) is 1. The van der Waals surface area contributed by atoms with Crippen LogP contribution in [0.5, 0.6) is 0 Å². The zero-order valence-corrected chi connectivity index (χ0v) is 18.7. The number of aliphatic imine (C=N–C) groups is 1. The summed E-state index contributed by atoms with van der Waals surface area (Å²) in [5.41, 5.74) is 15.7. The van der Waals surface area contributed by atoms with E-state index in [0.29, 0.717) is 0 Å². The first-order chi connectivity index (χ1) is 16.3. The second kappa shape index (κ2) is 15.8. The van der Waals surface area contributed by atoms with Crippen LogP contribution in [0.3, 0.4) is 0 Å². The highest BCUT2D eigenvalue weighted by Crippen LogP contribution is 2.04. The summed E-state index contributed by atoms with van der Waals surface area (Å²) in [6.07, 6.45) is -1.70. The minimum absolute atomic E-state index is 0.0864. The van der Waals surface area contributed by atoms with Gasteiger partial charge in [0.05, 0.1) is 19.1 Å². The minimum Gasteiger partial charge on any atom is -0.481 e. The number of carbonyl (C=O) groups is 6. The average Bonchev–Trinajstić information content (AvgIpc) is 2.75. The number of guanidine groups is 1. The monoisotopic (exact) mass is 505 g/mol. The minimum atomic E-state index is -1.66. The van der Waals surface area contributed by atoms with E-state index in [0.717, 1.165) is 0 Å². The number of aliphatic carboxylic acids is 3. The van der Waals surface area contributed by atoms with Gasteiger partial charge in [0, 0.05) is 13.0 Å². The van der Waals surface area contributed by atoms with Crippen molar-refractivity contribution >= 4 is 41.6 Å². The van der Waals surface area contributed by atoms with Crippen LogP contribution in [0, 0.1) is 0 Å². The molecule has 0 aromatic carbocycles. The van der Waals surface area contributed by atoms with Crippen LogP contribution >= 0.6 is 0 Å². The summed E-state index contributed by atoms with van der Waals surface area (Å²) in [6, 6.07) is -6.15. The average molecular weight is 505 g/mol. The SMILES string of the molecule is NC(N)=NCCC[C@H](NC(=O)[C@H](CCC(=O)O)NC(=O)[C@H](CO)NC(=O)[C@@H](N)CC(=O)O)C(=O)O. The summed E-state index contributed by atoms with van der Waals surface area (Å²) in [4.78, 5) is 73.8. The normalized spacial score (nSPS) is 13.9. The summed E-state index contributed by atoms with van der Waals surface area (Å²) in [7, 11) is 0. The van der Waals surface area contributed by atoms with Crippen molar-refractivity contribution < 1.29 is 49.2 Å². The summed E-state index contributed by atoms with van der Waals surface area (Å²) >= 11 is 0. The van der Waals surface area contributed by atoms with Crippen LogP contribution in [-0.4, -0.2) is 99.3 Å². The maximum atomic E-state index is 12.6. The third-order valence-electron chi connectivity index (χ3n) is 4.39. The molecule has 13 N–H and O–H groups in total. The number of carboxylic acid groups (broad SMARTS) is 3. The van der Waals surface area contributed by atoms with E-state index in [1.165, 1.54) is 0 Å². The number of hydrogen-bond acceptors (Lipinski definition) is 9. The molecule has 3 amide bonds. The van der Waals surface area contributed by atoms with Gasteiger partial charge in [-0.3, -0.25) is 29.0 Å². The quantitative estimate of drug-likeness (QED) is 0.0504. The molecule has 0 heterocycles. The van der Waals surface area contributed by atoms with E-state index >= 15 is 0 Å². The van der Waals surface area contributed by atoms with Crippen LogP contribution in [0.4, 0.5) is 0 Å². The third-order valence-corrected chi connectivity index (χ3v) is 4.39. The Bertz CT molecular complexity index is 815. The molecule has 17 nitrogen and oxygen atoms in total. The van der Waals surface area contributed by atoms with Crippen LogP contribution in [0.2, 0.25) is 0 Å². The Morgan fingerprint density at radius 3 is 1.80 bits per heavy atom. The summed E-state index contributed by atoms with van der Waals surface area (Å²) < 4.78 is 0. The van der Waals surface area contributed by atoms with Crippen LogP contribution in [0.25, 0.3) is 0 Å². The van der Waals surface area contributed by atoms with Gasteiger partial charge in [-0.2, -0.15) is 0 Å². The molecule has 0 aromatic rings. The maximum absolute atomic E-state index is 12.6. The Morgan fingerprint density at radius 2 is 1.31 bits per heavy atom. The van der Waals surface area contributed by atoms with Gasteiger partial charge in [0.1, 0.15) is 18.1 Å². The van der Waals surface area contributed by atoms with E-state index in [-0.39, 0.29) is 25.3 Å². The van der Waals surface area contributed by atoms with E-state index in [9.17, 15) is 39.0 Å². The van der Waals surface area contributed by atoms with Crippen LogP contribution in [-0.2, 0) is 28.8 Å². The van der Waals surface area contributed by atoms with Gasteiger partial charge in [0.25, 0.3) is 0 Å². The van der Waals surface area contributed by atoms with Gasteiger partial charge in [-0.15, -0.1) is 0 Å². The molecule has 198 valence electrons. The molecule has 0 aliphatic rings. The first-order valence-corrected chi connectivity index (χ1v) is 10.3.